The largest absolute Gasteiger partial charge is 0.497 e. The van der Waals surface area contributed by atoms with Gasteiger partial charge in [0.05, 0.1) is 7.11 Å². The third kappa shape index (κ3) is 5.76. The molecule has 5 nitrogen and oxygen atoms in total. The second kappa shape index (κ2) is 9.35. The molecule has 0 aromatic heterocycles. The van der Waals surface area contributed by atoms with Gasteiger partial charge in [-0.2, -0.15) is 0 Å². The highest BCUT2D eigenvalue weighted by atomic mass is 16.5. The number of carbonyl (C=O) groups excluding carboxylic acids is 2. The fourth-order valence-electron chi connectivity index (χ4n) is 2.27. The molecule has 0 fully saturated rings. The molecule has 2 N–H and O–H groups in total. The summed E-state index contributed by atoms with van der Waals surface area (Å²) in [6.07, 6.45) is 1.34. The molecule has 0 spiro atoms. The minimum absolute atomic E-state index is 0.401. The van der Waals surface area contributed by atoms with Gasteiger partial charge in [0.15, 0.2) is 0 Å². The zero-order chi connectivity index (χ0) is 17.2. The van der Waals surface area contributed by atoms with Crippen molar-refractivity contribution < 1.29 is 14.3 Å². The lowest BCUT2D eigenvalue weighted by atomic mass is 10.1. The van der Waals surface area contributed by atoms with Crippen LogP contribution in [0, 0.1) is 0 Å². The van der Waals surface area contributed by atoms with E-state index >= 15 is 0 Å². The van der Waals surface area contributed by atoms with Gasteiger partial charge in [0, 0.05) is 13.1 Å². The maximum atomic E-state index is 11.8. The van der Waals surface area contributed by atoms with Crippen molar-refractivity contribution in [3.05, 3.63) is 65.7 Å². The van der Waals surface area contributed by atoms with E-state index in [0.29, 0.717) is 25.9 Å². The first kappa shape index (κ1) is 17.5. The van der Waals surface area contributed by atoms with Gasteiger partial charge in [0.1, 0.15) is 5.75 Å². The molecule has 0 atom stereocenters. The van der Waals surface area contributed by atoms with Gasteiger partial charge in [-0.1, -0.05) is 42.5 Å². The van der Waals surface area contributed by atoms with Gasteiger partial charge < -0.3 is 15.4 Å². The van der Waals surface area contributed by atoms with Gasteiger partial charge in [-0.3, -0.25) is 9.59 Å². The number of amides is 2. The summed E-state index contributed by atoms with van der Waals surface area (Å²) in [5.74, 6) is -0.431. The van der Waals surface area contributed by atoms with Crippen LogP contribution in [0.1, 0.15) is 11.1 Å². The molecular weight excluding hydrogens is 304 g/mol. The number of hydrogen-bond donors (Lipinski definition) is 2. The average molecular weight is 326 g/mol. The minimum atomic E-state index is -0.606. The maximum absolute atomic E-state index is 11.8. The lowest BCUT2D eigenvalue weighted by Gasteiger charge is -2.07. The van der Waals surface area contributed by atoms with Gasteiger partial charge in [-0.25, -0.2) is 0 Å². The van der Waals surface area contributed by atoms with Crippen LogP contribution >= 0.6 is 0 Å². The highest BCUT2D eigenvalue weighted by Gasteiger charge is 2.11. The predicted molar refractivity (Wildman–Crippen MR) is 92.9 cm³/mol. The lowest BCUT2D eigenvalue weighted by Crippen LogP contribution is -2.41. The van der Waals surface area contributed by atoms with E-state index in [2.05, 4.69) is 10.6 Å². The van der Waals surface area contributed by atoms with Crippen LogP contribution in [0.5, 0.6) is 5.75 Å². The van der Waals surface area contributed by atoms with Gasteiger partial charge in [0.2, 0.25) is 0 Å². The zero-order valence-electron chi connectivity index (χ0n) is 13.7. The van der Waals surface area contributed by atoms with E-state index in [4.69, 9.17) is 4.74 Å². The molecule has 0 aliphatic heterocycles. The zero-order valence-corrected chi connectivity index (χ0v) is 13.7. The highest BCUT2D eigenvalue weighted by molar-refractivity contribution is 6.35. The first-order valence-electron chi connectivity index (χ1n) is 7.92. The van der Waals surface area contributed by atoms with E-state index in [1.807, 2.05) is 54.6 Å². The summed E-state index contributed by atoms with van der Waals surface area (Å²) in [5, 5.41) is 5.25. The molecule has 0 saturated heterocycles. The number of nitrogens with one attached hydrogen (secondary N) is 2. The van der Waals surface area contributed by atoms with Crippen molar-refractivity contribution in [2.75, 3.05) is 20.2 Å². The third-order valence-electron chi connectivity index (χ3n) is 3.58. The van der Waals surface area contributed by atoms with E-state index in [9.17, 15) is 9.59 Å². The Labute approximate surface area is 142 Å². The van der Waals surface area contributed by atoms with E-state index < -0.39 is 11.8 Å². The average Bonchev–Trinajstić information content (AvgIpc) is 2.62. The van der Waals surface area contributed by atoms with Gasteiger partial charge in [-0.05, 0) is 36.1 Å². The monoisotopic (exact) mass is 326 g/mol. The Morgan fingerprint density at radius 1 is 0.833 bits per heavy atom. The summed E-state index contributed by atoms with van der Waals surface area (Å²) in [4.78, 5) is 23.5. The van der Waals surface area contributed by atoms with Crippen LogP contribution in [0.15, 0.2) is 54.6 Å². The molecule has 2 aromatic rings. The van der Waals surface area contributed by atoms with Crippen molar-refractivity contribution in [1.82, 2.24) is 10.6 Å². The Hall–Kier alpha value is -2.82. The Balaban J connectivity index is 1.67. The van der Waals surface area contributed by atoms with E-state index in [-0.39, 0.29) is 0 Å². The van der Waals surface area contributed by atoms with Crippen molar-refractivity contribution in [3.63, 3.8) is 0 Å². The van der Waals surface area contributed by atoms with Crippen molar-refractivity contribution >= 4 is 11.8 Å². The van der Waals surface area contributed by atoms with Crippen LogP contribution in [-0.4, -0.2) is 32.0 Å². The molecular formula is C19H22N2O3. The van der Waals surface area contributed by atoms with Crippen molar-refractivity contribution in [3.8, 4) is 5.75 Å². The number of ether oxygens (including phenoxy) is 1. The molecule has 0 aliphatic carbocycles. The van der Waals surface area contributed by atoms with Crippen LogP contribution in [0.4, 0.5) is 0 Å². The summed E-state index contributed by atoms with van der Waals surface area (Å²) in [7, 11) is 1.61. The van der Waals surface area contributed by atoms with E-state index in [1.165, 1.54) is 0 Å². The fraction of sp³-hybridized carbons (Fsp3) is 0.263. The first-order valence-corrected chi connectivity index (χ1v) is 7.92. The van der Waals surface area contributed by atoms with Gasteiger partial charge >= 0.3 is 11.8 Å². The topological polar surface area (TPSA) is 67.4 Å². The molecule has 0 saturated carbocycles. The van der Waals surface area contributed by atoms with Gasteiger partial charge in [0.25, 0.3) is 0 Å². The molecule has 0 heterocycles. The molecule has 0 bridgehead atoms. The predicted octanol–water partition coefficient (Wildman–Crippen LogP) is 1.71. The smallest absolute Gasteiger partial charge is 0.309 e. The summed E-state index contributed by atoms with van der Waals surface area (Å²) in [6.45, 7) is 0.838. The van der Waals surface area contributed by atoms with E-state index in [1.54, 1.807) is 7.11 Å². The molecule has 2 rings (SSSR count). The number of rotatable bonds is 7. The molecule has 0 radical (unpaired) electrons. The summed E-state index contributed by atoms with van der Waals surface area (Å²) >= 11 is 0. The van der Waals surface area contributed by atoms with Gasteiger partial charge in [-0.15, -0.1) is 0 Å². The number of carbonyl (C=O) groups is 2. The number of hydrogen-bond acceptors (Lipinski definition) is 3. The number of methoxy groups -OCH3 is 1. The van der Waals surface area contributed by atoms with Crippen molar-refractivity contribution in [1.29, 1.82) is 0 Å². The highest BCUT2D eigenvalue weighted by Crippen LogP contribution is 2.12. The quantitative estimate of drug-likeness (QED) is 0.761. The van der Waals surface area contributed by atoms with Crippen LogP contribution in [0.3, 0.4) is 0 Å². The second-order valence-electron chi connectivity index (χ2n) is 5.35. The van der Waals surface area contributed by atoms with Crippen molar-refractivity contribution in [2.24, 2.45) is 0 Å². The Morgan fingerprint density at radius 3 is 2.04 bits per heavy atom. The molecule has 126 valence electrons. The van der Waals surface area contributed by atoms with Crippen LogP contribution in [0.2, 0.25) is 0 Å². The lowest BCUT2D eigenvalue weighted by molar-refractivity contribution is -0.139. The molecule has 0 unspecified atom stereocenters. The molecule has 2 amide bonds. The second-order valence-corrected chi connectivity index (χ2v) is 5.35. The maximum Gasteiger partial charge on any atom is 0.309 e. The normalized spacial score (nSPS) is 10.0. The third-order valence-corrected chi connectivity index (χ3v) is 3.58. The Kier molecular flexibility index (Phi) is 6.83. The Bertz CT molecular complexity index is 671. The molecule has 2 aromatic carbocycles. The van der Waals surface area contributed by atoms with Crippen molar-refractivity contribution in [2.45, 2.75) is 12.8 Å². The molecule has 5 heteroatoms. The van der Waals surface area contributed by atoms with Crippen LogP contribution in [0.25, 0.3) is 0 Å². The molecule has 24 heavy (non-hydrogen) atoms. The number of benzene rings is 2. The standard InChI is InChI=1S/C19H22N2O3/c1-24-17-9-5-8-16(14-17)11-13-21-19(23)18(22)20-12-10-15-6-3-2-4-7-15/h2-9,14H,10-13H2,1H3,(H,20,22)(H,21,23). The van der Waals surface area contributed by atoms with E-state index in [0.717, 1.165) is 16.9 Å². The van der Waals surface area contributed by atoms with Crippen LogP contribution in [-0.2, 0) is 22.4 Å². The minimum Gasteiger partial charge on any atom is -0.497 e. The Morgan fingerprint density at radius 2 is 1.42 bits per heavy atom. The van der Waals surface area contributed by atoms with Crippen LogP contribution < -0.4 is 15.4 Å². The summed E-state index contributed by atoms with van der Waals surface area (Å²) in [5.41, 5.74) is 2.16. The summed E-state index contributed by atoms with van der Waals surface area (Å²) < 4.78 is 5.15. The summed E-state index contributed by atoms with van der Waals surface area (Å²) in [6, 6.07) is 17.4. The fourth-order valence-corrected chi connectivity index (χ4v) is 2.27. The first-order chi connectivity index (χ1) is 11.7. The SMILES string of the molecule is COc1cccc(CCNC(=O)C(=O)NCCc2ccccc2)c1. The molecule has 0 aliphatic rings.